The van der Waals surface area contributed by atoms with Crippen LogP contribution in [0.15, 0.2) is 42.6 Å². The second kappa shape index (κ2) is 7.65. The summed E-state index contributed by atoms with van der Waals surface area (Å²) in [6, 6.07) is 10.1. The predicted octanol–water partition coefficient (Wildman–Crippen LogP) is 3.32. The molecule has 0 aliphatic rings. The Hall–Kier alpha value is -3.10. The van der Waals surface area contributed by atoms with Crippen molar-refractivity contribution < 1.29 is 19.4 Å². The summed E-state index contributed by atoms with van der Waals surface area (Å²) in [6.07, 6.45) is 1.43. The van der Waals surface area contributed by atoms with Crippen LogP contribution in [0.25, 0.3) is 5.69 Å². The first-order chi connectivity index (χ1) is 12.9. The highest BCUT2D eigenvalue weighted by Gasteiger charge is 2.22. The molecule has 0 unspecified atom stereocenters. The van der Waals surface area contributed by atoms with Crippen LogP contribution < -0.4 is 5.32 Å². The van der Waals surface area contributed by atoms with Crippen LogP contribution in [0.5, 0.6) is 5.75 Å². The summed E-state index contributed by atoms with van der Waals surface area (Å²) in [6.45, 7) is 0. The minimum Gasteiger partial charge on any atom is -0.504 e. The van der Waals surface area contributed by atoms with Gasteiger partial charge < -0.3 is 15.2 Å². The molecule has 2 aromatic heterocycles. The van der Waals surface area contributed by atoms with E-state index in [-0.39, 0.29) is 27.3 Å². The van der Waals surface area contributed by atoms with Gasteiger partial charge in [-0.2, -0.15) is 0 Å². The zero-order valence-electron chi connectivity index (χ0n) is 13.8. The van der Waals surface area contributed by atoms with E-state index in [1.165, 1.54) is 18.0 Å². The van der Waals surface area contributed by atoms with E-state index in [0.717, 1.165) is 6.07 Å². The number of hydrogen-bond donors (Lipinski definition) is 2. The number of esters is 1. The van der Waals surface area contributed by atoms with Gasteiger partial charge in [0.2, 0.25) is 0 Å². The quantitative estimate of drug-likeness (QED) is 0.508. The Morgan fingerprint density at radius 2 is 1.93 bits per heavy atom. The van der Waals surface area contributed by atoms with E-state index in [1.807, 2.05) is 6.07 Å². The molecule has 3 rings (SSSR count). The lowest BCUT2D eigenvalue weighted by Crippen LogP contribution is -2.16. The number of aromatic nitrogens is 3. The normalized spacial score (nSPS) is 10.5. The zero-order valence-corrected chi connectivity index (χ0v) is 15.3. The smallest absolute Gasteiger partial charge is 0.343 e. The minimum absolute atomic E-state index is 0.0298. The van der Waals surface area contributed by atoms with E-state index in [9.17, 15) is 14.7 Å². The van der Waals surface area contributed by atoms with Crippen molar-refractivity contribution in [2.45, 2.75) is 0 Å². The van der Waals surface area contributed by atoms with E-state index in [1.54, 1.807) is 24.3 Å². The van der Waals surface area contributed by atoms with Gasteiger partial charge in [-0.15, -0.1) is 5.10 Å². The Bertz CT molecular complexity index is 998. The van der Waals surface area contributed by atoms with E-state index in [4.69, 9.17) is 27.9 Å². The molecule has 1 aromatic carbocycles. The van der Waals surface area contributed by atoms with Gasteiger partial charge in [-0.1, -0.05) is 41.4 Å². The van der Waals surface area contributed by atoms with E-state index < -0.39 is 17.6 Å². The van der Waals surface area contributed by atoms with E-state index in [2.05, 4.69) is 15.4 Å². The van der Waals surface area contributed by atoms with Crippen molar-refractivity contribution in [3.8, 4) is 11.4 Å². The minimum atomic E-state index is -0.720. The van der Waals surface area contributed by atoms with Crippen molar-refractivity contribution in [1.82, 2.24) is 14.8 Å². The van der Waals surface area contributed by atoms with Gasteiger partial charge in [-0.3, -0.25) is 4.79 Å². The van der Waals surface area contributed by atoms with Crippen LogP contribution in [0.2, 0.25) is 10.2 Å². The first-order valence-electron chi connectivity index (χ1n) is 7.50. The maximum Gasteiger partial charge on any atom is 0.343 e. The number of amides is 1. The Kier molecular flexibility index (Phi) is 5.29. The van der Waals surface area contributed by atoms with Crippen molar-refractivity contribution in [3.05, 3.63) is 64.0 Å². The Morgan fingerprint density at radius 3 is 2.56 bits per heavy atom. The molecule has 8 nitrogen and oxygen atoms in total. The van der Waals surface area contributed by atoms with Crippen molar-refractivity contribution in [1.29, 1.82) is 0 Å². The molecule has 0 aliphatic heterocycles. The lowest BCUT2D eigenvalue weighted by Gasteiger charge is -2.06. The first kappa shape index (κ1) is 18.7. The van der Waals surface area contributed by atoms with Crippen LogP contribution in [0.1, 0.15) is 20.8 Å². The number of para-hydroxylation sites is 1. The van der Waals surface area contributed by atoms with Gasteiger partial charge in [0.15, 0.2) is 16.7 Å². The van der Waals surface area contributed by atoms with Gasteiger partial charge in [0, 0.05) is 6.20 Å². The summed E-state index contributed by atoms with van der Waals surface area (Å²) in [5.74, 6) is -1.86. The molecule has 0 radical (unpaired) electrons. The third-order valence-electron chi connectivity index (χ3n) is 3.51. The molecule has 2 N–H and O–H groups in total. The molecule has 138 valence electrons. The van der Waals surface area contributed by atoms with Crippen molar-refractivity contribution >= 4 is 40.9 Å². The fourth-order valence-corrected chi connectivity index (χ4v) is 2.64. The molecule has 27 heavy (non-hydrogen) atoms. The monoisotopic (exact) mass is 406 g/mol. The molecule has 3 aromatic rings. The van der Waals surface area contributed by atoms with Crippen LogP contribution in [-0.2, 0) is 4.74 Å². The highest BCUT2D eigenvalue weighted by molar-refractivity contribution is 6.36. The summed E-state index contributed by atoms with van der Waals surface area (Å²) in [5, 5.41) is 15.8. The Labute approximate surface area is 163 Å². The zero-order chi connectivity index (χ0) is 19.6. The third kappa shape index (κ3) is 3.86. The molecule has 0 bridgehead atoms. The average molecular weight is 407 g/mol. The second-order valence-electron chi connectivity index (χ2n) is 5.25. The van der Waals surface area contributed by atoms with Crippen LogP contribution >= 0.6 is 23.2 Å². The van der Waals surface area contributed by atoms with Gasteiger partial charge in [-0.25, -0.2) is 14.5 Å². The van der Waals surface area contributed by atoms with Gasteiger partial charge in [0.1, 0.15) is 11.3 Å². The molecule has 0 fully saturated rings. The van der Waals surface area contributed by atoms with Gasteiger partial charge in [0.05, 0.1) is 17.8 Å². The number of carbonyl (C=O) groups excluding carboxylic acids is 2. The number of benzene rings is 1. The fraction of sp³-hybridized carbons (Fsp3) is 0.0588. The van der Waals surface area contributed by atoms with Crippen molar-refractivity contribution in [2.24, 2.45) is 0 Å². The number of anilines is 1. The summed E-state index contributed by atoms with van der Waals surface area (Å²) in [5.41, 5.74) is 0.565. The van der Waals surface area contributed by atoms with E-state index in [0.29, 0.717) is 5.69 Å². The molecule has 0 saturated heterocycles. The number of hydrogen-bond acceptors (Lipinski definition) is 6. The molecule has 0 atom stereocenters. The molecular weight excluding hydrogens is 395 g/mol. The predicted molar refractivity (Wildman–Crippen MR) is 98.8 cm³/mol. The van der Waals surface area contributed by atoms with Gasteiger partial charge in [-0.05, 0) is 18.2 Å². The lowest BCUT2D eigenvalue weighted by atomic mass is 10.3. The van der Waals surface area contributed by atoms with Crippen LogP contribution in [-0.4, -0.2) is 38.9 Å². The molecule has 0 aliphatic carbocycles. The maximum absolute atomic E-state index is 12.5. The second-order valence-corrected chi connectivity index (χ2v) is 6.01. The topological polar surface area (TPSA) is 106 Å². The number of methoxy groups -OCH3 is 1. The van der Waals surface area contributed by atoms with Gasteiger partial charge >= 0.3 is 5.97 Å². The van der Waals surface area contributed by atoms with Crippen LogP contribution in [0.4, 0.5) is 5.82 Å². The average Bonchev–Trinajstić information content (AvgIpc) is 3.09. The number of nitrogens with one attached hydrogen (secondary N) is 1. The highest BCUT2D eigenvalue weighted by Crippen LogP contribution is 2.30. The number of nitrogens with zero attached hydrogens (tertiary/aromatic N) is 3. The molecule has 0 spiro atoms. The van der Waals surface area contributed by atoms with Crippen molar-refractivity contribution in [2.75, 3.05) is 12.4 Å². The number of aromatic hydroxyl groups is 1. The van der Waals surface area contributed by atoms with Crippen LogP contribution in [0, 0.1) is 0 Å². The summed E-state index contributed by atoms with van der Waals surface area (Å²) in [7, 11) is 1.22. The summed E-state index contributed by atoms with van der Waals surface area (Å²) in [4.78, 5) is 28.3. The Balaban J connectivity index is 1.97. The van der Waals surface area contributed by atoms with Gasteiger partial charge in [0.25, 0.3) is 5.91 Å². The molecule has 0 saturated carbocycles. The number of pyridine rings is 1. The number of halogens is 2. The fourth-order valence-electron chi connectivity index (χ4n) is 2.20. The number of carbonyl (C=O) groups is 2. The Morgan fingerprint density at radius 1 is 1.22 bits per heavy atom. The maximum atomic E-state index is 12.5. The number of rotatable bonds is 4. The van der Waals surface area contributed by atoms with Crippen LogP contribution in [0.3, 0.4) is 0 Å². The standard InChI is InChI=1S/C17H12Cl2N4O4/c1-27-17(26)10-8-23(9-5-3-2-4-6-9)22-15(10)21-16(25)12-7-11(18)13(24)14(19)20-12/h2-8,24H,1H3,(H,21,22,25). The highest BCUT2D eigenvalue weighted by atomic mass is 35.5. The van der Waals surface area contributed by atoms with E-state index >= 15 is 0 Å². The first-order valence-corrected chi connectivity index (χ1v) is 8.26. The molecule has 1 amide bonds. The SMILES string of the molecule is COC(=O)c1cn(-c2ccccc2)nc1NC(=O)c1cc(Cl)c(O)c(Cl)n1. The largest absolute Gasteiger partial charge is 0.504 e. The lowest BCUT2D eigenvalue weighted by molar-refractivity contribution is 0.0602. The number of ether oxygens (including phenoxy) is 1. The molecule has 2 heterocycles. The van der Waals surface area contributed by atoms with Crippen molar-refractivity contribution in [3.63, 3.8) is 0 Å². The summed E-state index contributed by atoms with van der Waals surface area (Å²) < 4.78 is 6.16. The molecule has 10 heteroatoms. The third-order valence-corrected chi connectivity index (χ3v) is 4.06. The molecular formula is C17H12Cl2N4O4. The summed E-state index contributed by atoms with van der Waals surface area (Å²) >= 11 is 11.5.